The second kappa shape index (κ2) is 11.3. The Kier molecular flexibility index (Phi) is 9.02. The maximum absolute atomic E-state index is 12.7. The van der Waals surface area contributed by atoms with Crippen molar-refractivity contribution < 1.29 is 22.7 Å². The van der Waals surface area contributed by atoms with Crippen molar-refractivity contribution in [3.63, 3.8) is 0 Å². The van der Waals surface area contributed by atoms with Crippen molar-refractivity contribution in [2.75, 3.05) is 42.7 Å². The number of carbonyl (C=O) groups excluding carboxylic acids is 2. The average molecular weight is 512 g/mol. The van der Waals surface area contributed by atoms with Crippen molar-refractivity contribution in [1.82, 2.24) is 5.32 Å². The summed E-state index contributed by atoms with van der Waals surface area (Å²) < 4.78 is 31.5. The minimum Gasteiger partial charge on any atom is -0.385 e. The maximum Gasteiger partial charge on any atom is 0.253 e. The highest BCUT2D eigenvalue weighted by molar-refractivity contribution is 9.10. The fourth-order valence-corrected chi connectivity index (χ4v) is 3.90. The predicted molar refractivity (Wildman–Crippen MR) is 125 cm³/mol. The number of carbonyl (C=O) groups is 2. The van der Waals surface area contributed by atoms with Gasteiger partial charge in [0.25, 0.3) is 5.91 Å². The van der Waals surface area contributed by atoms with Crippen LogP contribution in [0.3, 0.4) is 0 Å². The molecule has 0 bridgehead atoms. The maximum atomic E-state index is 12.7. The van der Waals surface area contributed by atoms with Gasteiger partial charge in [0.1, 0.15) is 6.54 Å². The molecule has 0 radical (unpaired) electrons. The molecule has 0 fully saturated rings. The van der Waals surface area contributed by atoms with Crippen molar-refractivity contribution in [3.05, 3.63) is 58.1 Å². The van der Waals surface area contributed by atoms with Crippen LogP contribution in [-0.2, 0) is 19.6 Å². The molecule has 2 amide bonds. The number of hydrogen-bond donors (Lipinski definition) is 2. The van der Waals surface area contributed by atoms with Crippen LogP contribution in [0.4, 0.5) is 11.4 Å². The Morgan fingerprint density at radius 1 is 1.16 bits per heavy atom. The molecular formula is C21H26BrN3O5S. The van der Waals surface area contributed by atoms with Crippen LogP contribution in [0, 0.1) is 6.92 Å². The number of amides is 2. The Morgan fingerprint density at radius 3 is 2.52 bits per heavy atom. The zero-order valence-corrected chi connectivity index (χ0v) is 20.0. The number of halogens is 1. The third-order valence-electron chi connectivity index (χ3n) is 4.37. The molecule has 2 aromatic carbocycles. The Labute approximate surface area is 191 Å². The summed E-state index contributed by atoms with van der Waals surface area (Å²) in [5, 5.41) is 5.42. The van der Waals surface area contributed by atoms with Crippen LogP contribution in [0.1, 0.15) is 22.3 Å². The van der Waals surface area contributed by atoms with Gasteiger partial charge in [-0.05, 0) is 49.2 Å². The summed E-state index contributed by atoms with van der Waals surface area (Å²) in [5.74, 6) is -0.902. The van der Waals surface area contributed by atoms with Crippen molar-refractivity contribution in [2.24, 2.45) is 0 Å². The Morgan fingerprint density at radius 2 is 1.87 bits per heavy atom. The standard InChI is InChI=1S/C21H26BrN3O5S/c1-15-13-16(9-10-18(15)22)25(31(3,28)29)14-20(26)24-19-8-5-4-7-17(19)21(27)23-11-6-12-30-2/h4-5,7-10,13H,6,11-12,14H2,1-3H3,(H,23,27)(H,24,26). The van der Waals surface area contributed by atoms with Gasteiger partial charge in [-0.3, -0.25) is 13.9 Å². The van der Waals surface area contributed by atoms with Gasteiger partial charge in [0, 0.05) is 24.7 Å². The van der Waals surface area contributed by atoms with E-state index in [1.54, 1.807) is 49.6 Å². The third kappa shape index (κ3) is 7.34. The number of anilines is 2. The van der Waals surface area contributed by atoms with Crippen molar-refractivity contribution in [1.29, 1.82) is 0 Å². The topological polar surface area (TPSA) is 105 Å². The largest absolute Gasteiger partial charge is 0.385 e. The summed E-state index contributed by atoms with van der Waals surface area (Å²) in [7, 11) is -2.13. The van der Waals surface area contributed by atoms with Crippen LogP contribution >= 0.6 is 15.9 Å². The summed E-state index contributed by atoms with van der Waals surface area (Å²) in [6.45, 7) is 2.36. The van der Waals surface area contributed by atoms with Gasteiger partial charge in [-0.1, -0.05) is 28.1 Å². The lowest BCUT2D eigenvalue weighted by Gasteiger charge is -2.23. The monoisotopic (exact) mass is 511 g/mol. The van der Waals surface area contributed by atoms with Crippen molar-refractivity contribution >= 4 is 49.1 Å². The molecule has 0 saturated heterocycles. The molecule has 168 valence electrons. The lowest BCUT2D eigenvalue weighted by atomic mass is 10.1. The molecule has 0 spiro atoms. The van der Waals surface area contributed by atoms with Crippen LogP contribution < -0.4 is 14.9 Å². The molecule has 0 heterocycles. The SMILES string of the molecule is COCCCNC(=O)c1ccccc1NC(=O)CN(c1ccc(Br)c(C)c1)S(C)(=O)=O. The number of sulfonamides is 1. The number of ether oxygens (including phenoxy) is 1. The predicted octanol–water partition coefficient (Wildman–Crippen LogP) is 2.93. The molecule has 2 N–H and O–H groups in total. The second-order valence-electron chi connectivity index (χ2n) is 6.90. The molecule has 0 aromatic heterocycles. The minimum atomic E-state index is -3.71. The summed E-state index contributed by atoms with van der Waals surface area (Å²) >= 11 is 3.38. The van der Waals surface area contributed by atoms with Crippen molar-refractivity contribution in [2.45, 2.75) is 13.3 Å². The summed E-state index contributed by atoms with van der Waals surface area (Å²) in [6, 6.07) is 11.6. The van der Waals surface area contributed by atoms with E-state index in [2.05, 4.69) is 26.6 Å². The highest BCUT2D eigenvalue weighted by Crippen LogP contribution is 2.25. The third-order valence-corrected chi connectivity index (χ3v) is 6.40. The van der Waals surface area contributed by atoms with E-state index in [1.165, 1.54) is 0 Å². The molecule has 2 rings (SSSR count). The van der Waals surface area contributed by atoms with E-state index < -0.39 is 22.5 Å². The highest BCUT2D eigenvalue weighted by atomic mass is 79.9. The van der Waals surface area contributed by atoms with E-state index in [-0.39, 0.29) is 5.91 Å². The van der Waals surface area contributed by atoms with Gasteiger partial charge < -0.3 is 15.4 Å². The number of rotatable bonds is 10. The first-order valence-electron chi connectivity index (χ1n) is 9.53. The molecule has 10 heteroatoms. The lowest BCUT2D eigenvalue weighted by Crippen LogP contribution is -2.37. The summed E-state index contributed by atoms with van der Waals surface area (Å²) in [5.41, 5.74) is 1.81. The quantitative estimate of drug-likeness (QED) is 0.477. The Bertz CT molecular complexity index is 1040. The van der Waals surface area contributed by atoms with Crippen LogP contribution in [0.2, 0.25) is 0 Å². The Hall–Kier alpha value is -2.43. The molecule has 0 unspecified atom stereocenters. The molecule has 31 heavy (non-hydrogen) atoms. The number of methoxy groups -OCH3 is 1. The van der Waals surface area contributed by atoms with Gasteiger partial charge in [-0.2, -0.15) is 0 Å². The second-order valence-corrected chi connectivity index (χ2v) is 9.66. The molecule has 2 aromatic rings. The van der Waals surface area contributed by atoms with E-state index in [1.807, 2.05) is 6.92 Å². The van der Waals surface area contributed by atoms with Gasteiger partial charge in [0.05, 0.1) is 23.2 Å². The van der Waals surface area contributed by atoms with E-state index in [4.69, 9.17) is 4.74 Å². The zero-order valence-electron chi connectivity index (χ0n) is 17.6. The number of benzene rings is 2. The number of aryl methyl sites for hydroxylation is 1. The van der Waals surface area contributed by atoms with E-state index in [0.29, 0.717) is 36.5 Å². The smallest absolute Gasteiger partial charge is 0.253 e. The Balaban J connectivity index is 2.16. The highest BCUT2D eigenvalue weighted by Gasteiger charge is 2.22. The molecule has 8 nitrogen and oxygen atoms in total. The normalized spacial score (nSPS) is 11.1. The van der Waals surface area contributed by atoms with Gasteiger partial charge in [0.15, 0.2) is 0 Å². The lowest BCUT2D eigenvalue weighted by molar-refractivity contribution is -0.114. The van der Waals surface area contributed by atoms with Crippen molar-refractivity contribution in [3.8, 4) is 0 Å². The van der Waals surface area contributed by atoms with Crippen LogP contribution in [0.25, 0.3) is 0 Å². The first-order chi connectivity index (χ1) is 14.6. The molecule has 0 atom stereocenters. The number of nitrogens with one attached hydrogen (secondary N) is 2. The fraction of sp³-hybridized carbons (Fsp3) is 0.333. The number of nitrogens with zero attached hydrogens (tertiary/aromatic N) is 1. The first kappa shape index (κ1) is 24.8. The summed E-state index contributed by atoms with van der Waals surface area (Å²) in [6.07, 6.45) is 1.70. The number of para-hydroxylation sites is 1. The van der Waals surface area contributed by atoms with Gasteiger partial charge in [0.2, 0.25) is 15.9 Å². The molecule has 0 aliphatic rings. The van der Waals surface area contributed by atoms with E-state index >= 15 is 0 Å². The van der Waals surface area contributed by atoms with Crippen LogP contribution in [0.5, 0.6) is 0 Å². The first-order valence-corrected chi connectivity index (χ1v) is 12.2. The van der Waals surface area contributed by atoms with Gasteiger partial charge in [-0.15, -0.1) is 0 Å². The molecule has 0 aliphatic carbocycles. The van der Waals surface area contributed by atoms with Crippen LogP contribution in [-0.4, -0.2) is 53.3 Å². The van der Waals surface area contributed by atoms with Gasteiger partial charge in [-0.25, -0.2) is 8.42 Å². The fourth-order valence-electron chi connectivity index (χ4n) is 2.81. The molecule has 0 aliphatic heterocycles. The molecule has 0 saturated carbocycles. The van der Waals surface area contributed by atoms with Crippen LogP contribution in [0.15, 0.2) is 46.9 Å². The number of hydrogen-bond acceptors (Lipinski definition) is 5. The van der Waals surface area contributed by atoms with Gasteiger partial charge >= 0.3 is 0 Å². The minimum absolute atomic E-state index is 0.290. The summed E-state index contributed by atoms with van der Waals surface area (Å²) in [4.78, 5) is 25.2. The van der Waals surface area contributed by atoms with E-state index in [9.17, 15) is 18.0 Å². The molecular weight excluding hydrogens is 486 g/mol. The van der Waals surface area contributed by atoms with E-state index in [0.717, 1.165) is 20.6 Å². The average Bonchev–Trinajstić information content (AvgIpc) is 2.71. The zero-order chi connectivity index (χ0) is 23.0.